The third-order valence-electron chi connectivity index (χ3n) is 4.10. The van der Waals surface area contributed by atoms with Crippen LogP contribution in [0, 0.1) is 5.92 Å². The molecule has 1 aliphatic carbocycles. The van der Waals surface area contributed by atoms with Crippen LogP contribution in [0.25, 0.3) is 0 Å². The smallest absolute Gasteiger partial charge is 0.410 e. The Morgan fingerprint density at radius 1 is 1.33 bits per heavy atom. The van der Waals surface area contributed by atoms with Gasteiger partial charge in [0.2, 0.25) is 0 Å². The van der Waals surface area contributed by atoms with E-state index in [1.165, 1.54) is 18.4 Å². The summed E-state index contributed by atoms with van der Waals surface area (Å²) in [5.74, 6) is 0.683. The van der Waals surface area contributed by atoms with E-state index in [2.05, 4.69) is 17.4 Å². The lowest BCUT2D eigenvalue weighted by atomic mass is 10.0. The number of hydrogen-bond acceptors (Lipinski definition) is 3. The van der Waals surface area contributed by atoms with E-state index in [1.807, 2.05) is 39.8 Å². The molecule has 24 heavy (non-hydrogen) atoms. The molecule has 1 fully saturated rings. The van der Waals surface area contributed by atoms with Crippen molar-refractivity contribution in [1.29, 1.82) is 0 Å². The average molecular weight is 353 g/mol. The van der Waals surface area contributed by atoms with E-state index in [4.69, 9.17) is 16.3 Å². The van der Waals surface area contributed by atoms with Crippen molar-refractivity contribution in [3.63, 3.8) is 0 Å². The first-order valence-corrected chi connectivity index (χ1v) is 9.14. The largest absolute Gasteiger partial charge is 0.444 e. The summed E-state index contributed by atoms with van der Waals surface area (Å²) in [5, 5.41) is 4.37. The molecular weight excluding hydrogens is 324 g/mol. The number of nitrogens with one attached hydrogen (secondary N) is 1. The number of nitrogens with zero attached hydrogens (tertiary/aromatic N) is 1. The van der Waals surface area contributed by atoms with Gasteiger partial charge in [-0.1, -0.05) is 23.7 Å². The Morgan fingerprint density at radius 3 is 2.46 bits per heavy atom. The van der Waals surface area contributed by atoms with Gasteiger partial charge in [-0.3, -0.25) is 0 Å². The van der Waals surface area contributed by atoms with E-state index in [0.717, 1.165) is 11.6 Å². The van der Waals surface area contributed by atoms with Crippen LogP contribution in [0.4, 0.5) is 4.79 Å². The van der Waals surface area contributed by atoms with E-state index in [-0.39, 0.29) is 6.09 Å². The van der Waals surface area contributed by atoms with Gasteiger partial charge in [-0.05, 0) is 64.2 Å². The minimum atomic E-state index is -0.461. The van der Waals surface area contributed by atoms with Gasteiger partial charge in [0, 0.05) is 30.7 Å². The Kier molecular flexibility index (Phi) is 6.53. The van der Waals surface area contributed by atoms with Gasteiger partial charge in [-0.2, -0.15) is 0 Å². The number of ether oxygens (including phenoxy) is 1. The standard InChI is InChI=1S/C19H29ClN2O2/c1-5-22(18(23)24-19(2,3)4)13-12-21-17(14-6-7-14)15-8-10-16(20)11-9-15/h8-11,14,17,21H,5-7,12-13H2,1-4H3. The SMILES string of the molecule is CCN(CCNC(c1ccc(Cl)cc1)C1CC1)C(=O)OC(C)(C)C. The molecule has 1 amide bonds. The van der Waals surface area contributed by atoms with Crippen molar-refractivity contribution in [3.05, 3.63) is 34.9 Å². The maximum Gasteiger partial charge on any atom is 0.410 e. The number of carbonyl (C=O) groups is 1. The summed E-state index contributed by atoms with van der Waals surface area (Å²) in [7, 11) is 0. The first kappa shape index (κ1) is 19.1. The molecule has 0 aliphatic heterocycles. The number of halogens is 1. The van der Waals surface area contributed by atoms with Crippen LogP contribution >= 0.6 is 11.6 Å². The molecule has 1 atom stereocenters. The maximum absolute atomic E-state index is 12.2. The maximum atomic E-state index is 12.2. The highest BCUT2D eigenvalue weighted by molar-refractivity contribution is 6.30. The summed E-state index contributed by atoms with van der Waals surface area (Å²) in [6, 6.07) is 8.38. The Balaban J connectivity index is 1.87. The average Bonchev–Trinajstić information content (AvgIpc) is 3.31. The van der Waals surface area contributed by atoms with Crippen LogP contribution in [0.5, 0.6) is 0 Å². The van der Waals surface area contributed by atoms with E-state index in [1.54, 1.807) is 4.90 Å². The van der Waals surface area contributed by atoms with Gasteiger partial charge in [0.1, 0.15) is 5.60 Å². The summed E-state index contributed by atoms with van der Waals surface area (Å²) < 4.78 is 5.45. The summed E-state index contributed by atoms with van der Waals surface area (Å²) in [4.78, 5) is 13.9. The topological polar surface area (TPSA) is 41.6 Å². The molecule has 1 N–H and O–H groups in total. The first-order chi connectivity index (χ1) is 11.3. The Labute approximate surface area is 150 Å². The van der Waals surface area contributed by atoms with Crippen LogP contribution in [-0.4, -0.2) is 36.2 Å². The molecule has 5 heteroatoms. The molecule has 2 rings (SSSR count). The molecule has 0 saturated heterocycles. The fourth-order valence-corrected chi connectivity index (χ4v) is 2.84. The second-order valence-electron chi connectivity index (χ2n) is 7.38. The number of carbonyl (C=O) groups excluding carboxylic acids is 1. The predicted molar refractivity (Wildman–Crippen MR) is 98.4 cm³/mol. The van der Waals surface area contributed by atoms with Gasteiger partial charge < -0.3 is 15.0 Å². The zero-order valence-electron chi connectivity index (χ0n) is 15.1. The van der Waals surface area contributed by atoms with Gasteiger partial charge in [0.05, 0.1) is 0 Å². The van der Waals surface area contributed by atoms with E-state index in [9.17, 15) is 4.79 Å². The quantitative estimate of drug-likeness (QED) is 0.777. The van der Waals surface area contributed by atoms with Crippen LogP contribution in [0.15, 0.2) is 24.3 Å². The molecule has 1 aliphatic rings. The number of likely N-dealkylation sites (N-methyl/N-ethyl adjacent to an activating group) is 1. The van der Waals surface area contributed by atoms with Gasteiger partial charge >= 0.3 is 6.09 Å². The molecule has 0 spiro atoms. The highest BCUT2D eigenvalue weighted by atomic mass is 35.5. The van der Waals surface area contributed by atoms with Crippen molar-refractivity contribution in [1.82, 2.24) is 10.2 Å². The van der Waals surface area contributed by atoms with Gasteiger partial charge in [-0.15, -0.1) is 0 Å². The minimum absolute atomic E-state index is 0.249. The van der Waals surface area contributed by atoms with Crippen LogP contribution in [0.1, 0.15) is 52.1 Å². The van der Waals surface area contributed by atoms with E-state index < -0.39 is 5.60 Å². The minimum Gasteiger partial charge on any atom is -0.444 e. The fraction of sp³-hybridized carbons (Fsp3) is 0.632. The molecular formula is C19H29ClN2O2. The number of rotatable bonds is 7. The Hall–Kier alpha value is -1.26. The van der Waals surface area contributed by atoms with Crippen LogP contribution in [-0.2, 0) is 4.74 Å². The second kappa shape index (κ2) is 8.21. The molecule has 1 unspecified atom stereocenters. The molecule has 4 nitrogen and oxygen atoms in total. The molecule has 0 heterocycles. The van der Waals surface area contributed by atoms with Gasteiger partial charge in [0.15, 0.2) is 0 Å². The van der Waals surface area contributed by atoms with Crippen molar-refractivity contribution >= 4 is 17.7 Å². The number of amides is 1. The van der Waals surface area contributed by atoms with E-state index in [0.29, 0.717) is 25.0 Å². The molecule has 134 valence electrons. The normalized spacial score (nSPS) is 15.9. The summed E-state index contributed by atoms with van der Waals surface area (Å²) in [6.07, 6.45) is 2.26. The van der Waals surface area contributed by atoms with Crippen molar-refractivity contribution in [2.75, 3.05) is 19.6 Å². The summed E-state index contributed by atoms with van der Waals surface area (Å²) in [6.45, 7) is 9.67. The molecule has 1 aromatic rings. The first-order valence-electron chi connectivity index (χ1n) is 8.77. The lowest BCUT2D eigenvalue weighted by molar-refractivity contribution is 0.0260. The van der Waals surface area contributed by atoms with Crippen LogP contribution < -0.4 is 5.32 Å². The van der Waals surface area contributed by atoms with Crippen molar-refractivity contribution in [3.8, 4) is 0 Å². The lowest BCUT2D eigenvalue weighted by Crippen LogP contribution is -2.41. The van der Waals surface area contributed by atoms with Crippen molar-refractivity contribution < 1.29 is 9.53 Å². The zero-order valence-corrected chi connectivity index (χ0v) is 15.9. The lowest BCUT2D eigenvalue weighted by Gasteiger charge is -2.27. The highest BCUT2D eigenvalue weighted by Gasteiger charge is 2.32. The number of hydrogen-bond donors (Lipinski definition) is 1. The monoisotopic (exact) mass is 352 g/mol. The zero-order chi connectivity index (χ0) is 17.7. The summed E-state index contributed by atoms with van der Waals surface area (Å²) >= 11 is 5.99. The third kappa shape index (κ3) is 5.99. The summed E-state index contributed by atoms with van der Waals surface area (Å²) in [5.41, 5.74) is 0.805. The van der Waals surface area contributed by atoms with Crippen molar-refractivity contribution in [2.45, 2.75) is 52.2 Å². The molecule has 1 aromatic carbocycles. The molecule has 0 bridgehead atoms. The Bertz CT molecular complexity index is 535. The molecule has 0 radical (unpaired) electrons. The third-order valence-corrected chi connectivity index (χ3v) is 4.35. The van der Waals surface area contributed by atoms with Gasteiger partial charge in [0.25, 0.3) is 0 Å². The number of benzene rings is 1. The van der Waals surface area contributed by atoms with E-state index >= 15 is 0 Å². The highest BCUT2D eigenvalue weighted by Crippen LogP contribution is 2.41. The van der Waals surface area contributed by atoms with Crippen LogP contribution in [0.2, 0.25) is 5.02 Å². The van der Waals surface area contributed by atoms with Crippen molar-refractivity contribution in [2.24, 2.45) is 5.92 Å². The van der Waals surface area contributed by atoms with Crippen LogP contribution in [0.3, 0.4) is 0 Å². The molecule has 0 aromatic heterocycles. The predicted octanol–water partition coefficient (Wildman–Crippen LogP) is 4.64. The fourth-order valence-electron chi connectivity index (χ4n) is 2.72. The Morgan fingerprint density at radius 2 is 1.96 bits per heavy atom. The second-order valence-corrected chi connectivity index (χ2v) is 7.82. The van der Waals surface area contributed by atoms with Gasteiger partial charge in [-0.25, -0.2) is 4.79 Å². The molecule has 1 saturated carbocycles.